The van der Waals surface area contributed by atoms with Crippen molar-refractivity contribution in [2.45, 2.75) is 189 Å². The van der Waals surface area contributed by atoms with Crippen LogP contribution in [0.15, 0.2) is 30.3 Å². The molecule has 0 spiro atoms. The summed E-state index contributed by atoms with van der Waals surface area (Å²) in [7, 11) is -2.67. The predicted octanol–water partition coefficient (Wildman–Crippen LogP) is 14.2. The van der Waals surface area contributed by atoms with Crippen LogP contribution >= 0.6 is 0 Å². The first-order valence-corrected chi connectivity index (χ1v) is 19.5. The van der Waals surface area contributed by atoms with Gasteiger partial charge in [-0.1, -0.05) is 201 Å². The van der Waals surface area contributed by atoms with Crippen molar-refractivity contribution in [1.29, 1.82) is 0 Å². The van der Waals surface area contributed by atoms with Crippen LogP contribution < -0.4 is 0 Å². The highest BCUT2D eigenvalue weighted by atomic mass is 32.2. The maximum absolute atomic E-state index is 9.63. The highest BCUT2D eigenvalue weighted by molar-refractivity contribution is 7.89. The summed E-state index contributed by atoms with van der Waals surface area (Å²) < 4.78 is 19.3. The third kappa shape index (κ3) is 92.2. The second kappa shape index (κ2) is 29.9. The van der Waals surface area contributed by atoms with E-state index in [1.54, 1.807) is 0 Å². The van der Waals surface area contributed by atoms with Crippen LogP contribution in [0.5, 0.6) is 0 Å². The molecular weight excluding hydrogens is 545 g/mol. The van der Waals surface area contributed by atoms with Crippen molar-refractivity contribution in [2.24, 2.45) is 22.2 Å². The van der Waals surface area contributed by atoms with Crippen LogP contribution in [0, 0.1) is 22.2 Å². The van der Waals surface area contributed by atoms with E-state index in [-0.39, 0.29) is 0 Å². The molecule has 0 atom stereocenters. The monoisotopic (exact) mass is 631 g/mol. The van der Waals surface area contributed by atoms with E-state index in [9.17, 15) is 8.42 Å². The second-order valence-corrected chi connectivity index (χ2v) is 19.1. The van der Waals surface area contributed by atoms with Gasteiger partial charge in [0.25, 0.3) is 0 Å². The Morgan fingerprint density at radius 3 is 1.05 bits per heavy atom. The number of hydrogen-bond acceptors (Lipinski definition) is 2. The lowest BCUT2D eigenvalue weighted by molar-refractivity contribution is 0.244. The van der Waals surface area contributed by atoms with Crippen LogP contribution in [-0.4, -0.2) is 20.9 Å². The Balaban J connectivity index is -0.0000000951. The maximum Gasteiger partial charge on any atom is 0.144 e. The summed E-state index contributed by atoms with van der Waals surface area (Å²) in [6.07, 6.45) is 12.1. The minimum absolute atomic E-state index is 0.293. The summed E-state index contributed by atoms with van der Waals surface area (Å²) in [4.78, 5) is 0. The van der Waals surface area contributed by atoms with Gasteiger partial charge in [-0.05, 0) is 46.0 Å². The zero-order valence-electron chi connectivity index (χ0n) is 34.1. The van der Waals surface area contributed by atoms with Crippen LogP contribution in [0.2, 0.25) is 0 Å². The van der Waals surface area contributed by atoms with Gasteiger partial charge in [-0.25, -0.2) is 8.42 Å². The summed E-state index contributed by atoms with van der Waals surface area (Å²) >= 11 is 0. The van der Waals surface area contributed by atoms with E-state index in [0.717, 1.165) is 18.4 Å². The molecule has 0 aromatic heterocycles. The molecule has 1 aliphatic rings. The molecule has 0 heterocycles. The van der Waals surface area contributed by atoms with Crippen LogP contribution in [-0.2, 0) is 15.3 Å². The Morgan fingerprint density at radius 1 is 0.698 bits per heavy atom. The van der Waals surface area contributed by atoms with Gasteiger partial charge in [-0.3, -0.25) is 0 Å². The van der Waals surface area contributed by atoms with E-state index >= 15 is 0 Å². The molecule has 0 bridgehead atoms. The number of sulfone groups is 1. The van der Waals surface area contributed by atoms with Gasteiger partial charge in [0.05, 0.1) is 0 Å². The van der Waals surface area contributed by atoms with Crippen molar-refractivity contribution in [3.8, 4) is 0 Å². The van der Waals surface area contributed by atoms with Gasteiger partial charge in [-0.15, -0.1) is 0 Å². The van der Waals surface area contributed by atoms with Crippen LogP contribution in [0.25, 0.3) is 0 Å². The Kier molecular flexibility index (Phi) is 37.9. The topological polar surface area (TPSA) is 34.1 Å². The average molecular weight is 631 g/mol. The lowest BCUT2D eigenvalue weighted by atomic mass is 9.78. The molecule has 0 unspecified atom stereocenters. The molecule has 2 rings (SSSR count). The zero-order valence-corrected chi connectivity index (χ0v) is 35.0. The van der Waals surface area contributed by atoms with Gasteiger partial charge in [0.2, 0.25) is 0 Å². The summed E-state index contributed by atoms with van der Waals surface area (Å²) in [5, 5.41) is 0. The lowest BCUT2D eigenvalue weighted by Crippen LogP contribution is -2.14. The highest BCUT2D eigenvalue weighted by Gasteiger charge is 2.19. The van der Waals surface area contributed by atoms with Crippen molar-refractivity contribution in [3.05, 3.63) is 35.9 Å². The second-order valence-electron chi connectivity index (χ2n) is 16.8. The summed E-state index contributed by atoms with van der Waals surface area (Å²) in [6.45, 7) is 43.9. The molecule has 1 fully saturated rings. The molecule has 43 heavy (non-hydrogen) atoms. The lowest BCUT2D eigenvalue weighted by Gasteiger charge is -2.28. The summed E-state index contributed by atoms with van der Waals surface area (Å²) in [6, 6.07) is 10.6. The molecule has 1 aromatic rings. The van der Waals surface area contributed by atoms with Crippen molar-refractivity contribution >= 4 is 9.84 Å². The molecule has 1 saturated carbocycles. The summed E-state index contributed by atoms with van der Waals surface area (Å²) in [5.74, 6) is 0.833. The number of benzene rings is 1. The first-order valence-electron chi connectivity index (χ1n) is 17.2. The third-order valence-electron chi connectivity index (χ3n) is 4.91. The molecule has 1 aromatic carbocycles. The fourth-order valence-corrected chi connectivity index (χ4v) is 2.45. The van der Waals surface area contributed by atoms with Crippen molar-refractivity contribution in [1.82, 2.24) is 0 Å². The fraction of sp³-hybridized carbons (Fsp3) is 0.850. The zero-order chi connectivity index (χ0) is 36.1. The first kappa shape index (κ1) is 54.6. The largest absolute Gasteiger partial charge is 0.229 e. The first-order chi connectivity index (χ1) is 19.0. The van der Waals surface area contributed by atoms with Crippen LogP contribution in [0.3, 0.4) is 0 Å². The third-order valence-corrected chi connectivity index (χ3v) is 4.91. The minimum Gasteiger partial charge on any atom is -0.229 e. The van der Waals surface area contributed by atoms with Crippen molar-refractivity contribution < 1.29 is 8.42 Å². The normalized spacial score (nSPS) is 13.7. The summed E-state index contributed by atoms with van der Waals surface area (Å²) in [5.41, 5.74) is 3.41. The van der Waals surface area contributed by atoms with Gasteiger partial charge in [0, 0.05) is 12.5 Å². The Bertz CT molecular complexity index is 729. The molecule has 0 N–H and O–H groups in total. The van der Waals surface area contributed by atoms with Gasteiger partial charge in [-0.2, -0.15) is 0 Å². The van der Waals surface area contributed by atoms with Gasteiger partial charge >= 0.3 is 0 Å². The Labute approximate surface area is 276 Å². The molecular formula is C40H86O2S. The number of hydrogen-bond donors (Lipinski definition) is 0. The Hall–Kier alpha value is -0.830. The average Bonchev–Trinajstić information content (AvgIpc) is 2.79. The predicted molar refractivity (Wildman–Crippen MR) is 205 cm³/mol. The molecule has 264 valence electrons. The quantitative estimate of drug-likeness (QED) is 0.286. The fourth-order valence-electron chi connectivity index (χ4n) is 2.45. The van der Waals surface area contributed by atoms with E-state index in [1.807, 2.05) is 13.8 Å². The molecule has 1 aliphatic carbocycles. The molecule has 0 aliphatic heterocycles. The molecule has 0 radical (unpaired) electrons. The smallest absolute Gasteiger partial charge is 0.144 e. The van der Waals surface area contributed by atoms with Crippen molar-refractivity contribution in [3.63, 3.8) is 0 Å². The van der Waals surface area contributed by atoms with Gasteiger partial charge in [0.1, 0.15) is 9.84 Å². The van der Waals surface area contributed by atoms with E-state index in [2.05, 4.69) is 155 Å². The molecule has 0 amide bonds. The van der Waals surface area contributed by atoms with E-state index < -0.39 is 9.84 Å². The molecule has 3 heteroatoms. The van der Waals surface area contributed by atoms with Gasteiger partial charge < -0.3 is 0 Å². The molecule has 0 saturated heterocycles. The van der Waals surface area contributed by atoms with E-state index in [0.29, 0.717) is 21.7 Å². The van der Waals surface area contributed by atoms with Gasteiger partial charge in [0.15, 0.2) is 0 Å². The number of rotatable bonds is 0. The van der Waals surface area contributed by atoms with E-state index in [4.69, 9.17) is 0 Å². The van der Waals surface area contributed by atoms with Crippen LogP contribution in [0.4, 0.5) is 0 Å². The SMILES string of the molecule is CC.CC(C)(C)C.CC(C)(C)c1ccccc1.CC(C)C.CC1(C)CCCCC1.CCC.CCC(C)(C)C.CS(C)(=O)=O. The highest BCUT2D eigenvalue weighted by Crippen LogP contribution is 2.34. The minimum atomic E-state index is -2.67. The molecule has 2 nitrogen and oxygen atoms in total. The maximum atomic E-state index is 9.63. The van der Waals surface area contributed by atoms with E-state index in [1.165, 1.54) is 50.5 Å². The van der Waals surface area contributed by atoms with Crippen molar-refractivity contribution in [2.75, 3.05) is 12.5 Å². The van der Waals surface area contributed by atoms with Crippen LogP contribution in [0.1, 0.15) is 189 Å². The Morgan fingerprint density at radius 2 is 0.930 bits per heavy atom. The standard InChI is InChI=1S/C10H14.C8H16.C6H14.C5H12.C4H10.C3H8.C2H6O2S.C2H6/c1-10(2,3)9-7-5-4-6-8-9;1-8(2)6-4-3-5-7-8;1-5-6(2,3)4;1-5(2,3)4;1-4(2)3;1-3-2;1-5(2,3)4;1-2/h4-8H,1-3H3;3-7H2,1-2H3;5H2,1-4H3;1-4H3;4H,1-3H3;3H2,1-2H3;1-2H3;1-2H3.